The first-order valence-electron chi connectivity index (χ1n) is 4.04. The first kappa shape index (κ1) is 7.34. The van der Waals surface area contributed by atoms with E-state index < -0.39 is 0 Å². The molecule has 1 aliphatic heterocycles. The van der Waals surface area contributed by atoms with E-state index >= 15 is 0 Å². The third kappa shape index (κ3) is 0.995. The van der Waals surface area contributed by atoms with Gasteiger partial charge in [0, 0.05) is 11.3 Å². The molecule has 4 nitrogen and oxygen atoms in total. The van der Waals surface area contributed by atoms with Gasteiger partial charge in [-0.3, -0.25) is 4.79 Å². The lowest BCUT2D eigenvalue weighted by Crippen LogP contribution is -2.16. The summed E-state index contributed by atoms with van der Waals surface area (Å²) < 4.78 is 0. The Morgan fingerprint density at radius 3 is 3.00 bits per heavy atom. The molecular weight excluding hydrogens is 156 g/mol. The molecule has 0 aromatic rings. The van der Waals surface area contributed by atoms with Crippen molar-refractivity contribution in [3.8, 4) is 0 Å². The SMILES string of the molecule is O=C1CC2=C(CCC/C2=N\O)N1. The van der Waals surface area contributed by atoms with Gasteiger partial charge in [0.25, 0.3) is 0 Å². The minimum Gasteiger partial charge on any atom is -0.411 e. The van der Waals surface area contributed by atoms with Crippen LogP contribution >= 0.6 is 0 Å². The highest BCUT2D eigenvalue weighted by atomic mass is 16.4. The topological polar surface area (TPSA) is 61.7 Å². The molecule has 0 radical (unpaired) electrons. The maximum atomic E-state index is 11.0. The number of allylic oxidation sites excluding steroid dienone is 1. The van der Waals surface area contributed by atoms with Crippen molar-refractivity contribution in [1.82, 2.24) is 5.32 Å². The fourth-order valence-electron chi connectivity index (χ4n) is 1.74. The van der Waals surface area contributed by atoms with E-state index in [0.717, 1.165) is 30.5 Å². The second-order valence-corrected chi connectivity index (χ2v) is 3.08. The molecule has 0 saturated carbocycles. The molecule has 4 heteroatoms. The smallest absolute Gasteiger partial charge is 0.228 e. The minimum absolute atomic E-state index is 0.0167. The molecule has 0 fully saturated rings. The highest BCUT2D eigenvalue weighted by Gasteiger charge is 2.27. The number of hydrogen-bond acceptors (Lipinski definition) is 3. The predicted molar refractivity (Wildman–Crippen MR) is 42.9 cm³/mol. The van der Waals surface area contributed by atoms with E-state index in [2.05, 4.69) is 10.5 Å². The molecule has 2 aliphatic rings. The molecule has 0 atom stereocenters. The number of carbonyl (C=O) groups excluding carboxylic acids is 1. The zero-order valence-electron chi connectivity index (χ0n) is 6.63. The molecule has 64 valence electrons. The molecule has 1 aliphatic carbocycles. The van der Waals surface area contributed by atoms with Gasteiger partial charge in [-0.25, -0.2) is 0 Å². The molecule has 2 N–H and O–H groups in total. The highest BCUT2D eigenvalue weighted by Crippen LogP contribution is 2.27. The van der Waals surface area contributed by atoms with Gasteiger partial charge in [0.1, 0.15) is 0 Å². The minimum atomic E-state index is 0.0167. The summed E-state index contributed by atoms with van der Waals surface area (Å²) in [6.45, 7) is 0. The van der Waals surface area contributed by atoms with Gasteiger partial charge in [-0.1, -0.05) is 5.16 Å². The maximum Gasteiger partial charge on any atom is 0.228 e. The van der Waals surface area contributed by atoms with Crippen LogP contribution in [0.15, 0.2) is 16.4 Å². The second-order valence-electron chi connectivity index (χ2n) is 3.08. The van der Waals surface area contributed by atoms with Crippen LogP contribution in [0, 0.1) is 0 Å². The van der Waals surface area contributed by atoms with Gasteiger partial charge in [0.15, 0.2) is 0 Å². The standard InChI is InChI=1S/C8H10N2O2/c11-8-4-5-6(9-8)2-1-3-7(5)10-12/h12H,1-4H2,(H,9,11)/b10-7+. The van der Waals surface area contributed by atoms with Crippen LogP contribution in [0.4, 0.5) is 0 Å². The Balaban J connectivity index is 2.34. The zero-order chi connectivity index (χ0) is 8.55. The summed E-state index contributed by atoms with van der Waals surface area (Å²) in [5, 5.41) is 14.6. The summed E-state index contributed by atoms with van der Waals surface area (Å²) in [6, 6.07) is 0. The van der Waals surface area contributed by atoms with Crippen LogP contribution in [0.2, 0.25) is 0 Å². The van der Waals surface area contributed by atoms with E-state index in [-0.39, 0.29) is 5.91 Å². The summed E-state index contributed by atoms with van der Waals surface area (Å²) in [5.41, 5.74) is 2.54. The maximum absolute atomic E-state index is 11.0. The monoisotopic (exact) mass is 166 g/mol. The fraction of sp³-hybridized carbons (Fsp3) is 0.500. The number of oxime groups is 1. The van der Waals surface area contributed by atoms with Crippen LogP contribution in [0.1, 0.15) is 25.7 Å². The molecule has 0 unspecified atom stereocenters. The van der Waals surface area contributed by atoms with Crippen molar-refractivity contribution in [3.05, 3.63) is 11.3 Å². The van der Waals surface area contributed by atoms with Crippen molar-refractivity contribution in [2.24, 2.45) is 5.16 Å². The quantitative estimate of drug-likeness (QED) is 0.412. The van der Waals surface area contributed by atoms with Gasteiger partial charge >= 0.3 is 0 Å². The number of amides is 1. The molecular formula is C8H10N2O2. The average molecular weight is 166 g/mol. The van der Waals surface area contributed by atoms with Crippen LogP contribution in [-0.2, 0) is 4.79 Å². The molecule has 2 rings (SSSR count). The van der Waals surface area contributed by atoms with Crippen LogP contribution in [0.25, 0.3) is 0 Å². The van der Waals surface area contributed by atoms with Crippen molar-refractivity contribution < 1.29 is 10.0 Å². The van der Waals surface area contributed by atoms with Crippen molar-refractivity contribution >= 4 is 11.6 Å². The van der Waals surface area contributed by atoms with Crippen LogP contribution < -0.4 is 5.32 Å². The van der Waals surface area contributed by atoms with Crippen LogP contribution in [0.3, 0.4) is 0 Å². The van der Waals surface area contributed by atoms with Crippen molar-refractivity contribution in [2.75, 3.05) is 0 Å². The van der Waals surface area contributed by atoms with E-state index in [9.17, 15) is 4.79 Å². The Morgan fingerprint density at radius 1 is 1.42 bits per heavy atom. The van der Waals surface area contributed by atoms with Crippen LogP contribution in [-0.4, -0.2) is 16.8 Å². The molecule has 1 heterocycles. The molecule has 12 heavy (non-hydrogen) atoms. The Kier molecular flexibility index (Phi) is 1.60. The van der Waals surface area contributed by atoms with E-state index in [4.69, 9.17) is 5.21 Å². The van der Waals surface area contributed by atoms with Crippen molar-refractivity contribution in [3.63, 3.8) is 0 Å². The lowest BCUT2D eigenvalue weighted by atomic mass is 9.95. The first-order valence-corrected chi connectivity index (χ1v) is 4.04. The number of hydrogen-bond donors (Lipinski definition) is 2. The third-order valence-corrected chi connectivity index (χ3v) is 2.30. The molecule has 0 aromatic heterocycles. The summed E-state index contributed by atoms with van der Waals surface area (Å²) >= 11 is 0. The van der Waals surface area contributed by atoms with E-state index in [1.54, 1.807) is 0 Å². The average Bonchev–Trinajstić information content (AvgIpc) is 2.44. The number of nitrogens with one attached hydrogen (secondary N) is 1. The Hall–Kier alpha value is -1.32. The summed E-state index contributed by atoms with van der Waals surface area (Å²) in [4.78, 5) is 11.0. The van der Waals surface area contributed by atoms with Gasteiger partial charge in [-0.05, 0) is 19.3 Å². The molecule has 0 aromatic carbocycles. The van der Waals surface area contributed by atoms with Gasteiger partial charge in [-0.15, -0.1) is 0 Å². The zero-order valence-corrected chi connectivity index (χ0v) is 6.63. The number of carbonyl (C=O) groups is 1. The van der Waals surface area contributed by atoms with Gasteiger partial charge in [-0.2, -0.15) is 0 Å². The predicted octanol–water partition coefficient (Wildman–Crippen LogP) is 0.774. The third-order valence-electron chi connectivity index (χ3n) is 2.30. The Labute approximate surface area is 69.9 Å². The molecule has 0 spiro atoms. The fourth-order valence-corrected chi connectivity index (χ4v) is 1.74. The molecule has 0 bridgehead atoms. The van der Waals surface area contributed by atoms with Crippen molar-refractivity contribution in [1.29, 1.82) is 0 Å². The Bertz CT molecular complexity index is 291. The van der Waals surface area contributed by atoms with Gasteiger partial charge in [0.05, 0.1) is 12.1 Å². The molecule has 0 saturated heterocycles. The van der Waals surface area contributed by atoms with E-state index in [1.165, 1.54) is 0 Å². The summed E-state index contributed by atoms with van der Waals surface area (Å²) in [6.07, 6.45) is 3.03. The van der Waals surface area contributed by atoms with Crippen LogP contribution in [0.5, 0.6) is 0 Å². The largest absolute Gasteiger partial charge is 0.411 e. The number of nitrogens with zero attached hydrogens (tertiary/aromatic N) is 1. The highest BCUT2D eigenvalue weighted by molar-refractivity contribution is 6.07. The van der Waals surface area contributed by atoms with E-state index in [0.29, 0.717) is 12.1 Å². The second kappa shape index (κ2) is 2.62. The summed E-state index contributed by atoms with van der Waals surface area (Å²) in [7, 11) is 0. The lowest BCUT2D eigenvalue weighted by molar-refractivity contribution is -0.118. The number of rotatable bonds is 0. The molecule has 1 amide bonds. The Morgan fingerprint density at radius 2 is 2.25 bits per heavy atom. The first-order chi connectivity index (χ1) is 5.81. The normalized spacial score (nSPS) is 26.0. The lowest BCUT2D eigenvalue weighted by Gasteiger charge is -2.13. The van der Waals surface area contributed by atoms with E-state index in [1.807, 2.05) is 0 Å². The van der Waals surface area contributed by atoms with Gasteiger partial charge in [0.2, 0.25) is 5.91 Å². The summed E-state index contributed by atoms with van der Waals surface area (Å²) in [5.74, 6) is 0.0167. The van der Waals surface area contributed by atoms with Gasteiger partial charge < -0.3 is 10.5 Å². The van der Waals surface area contributed by atoms with Crippen molar-refractivity contribution in [2.45, 2.75) is 25.7 Å².